The molecule has 8 heteroatoms. The molecule has 0 spiro atoms. The zero-order valence-electron chi connectivity index (χ0n) is 14.9. The molecule has 5 nitrogen and oxygen atoms in total. The van der Waals surface area contributed by atoms with E-state index < -0.39 is 0 Å². The molecular formula is C21H14Cl2N4OS. The molecule has 1 aromatic heterocycles. The van der Waals surface area contributed by atoms with Gasteiger partial charge in [0.15, 0.2) is 5.82 Å². The lowest BCUT2D eigenvalue weighted by Gasteiger charge is -2.10. The van der Waals surface area contributed by atoms with E-state index in [2.05, 4.69) is 15.5 Å². The van der Waals surface area contributed by atoms with Crippen molar-refractivity contribution in [3.05, 3.63) is 88.9 Å². The van der Waals surface area contributed by atoms with Gasteiger partial charge in [-0.3, -0.25) is 9.36 Å². The Morgan fingerprint density at radius 1 is 0.862 bits per heavy atom. The maximum absolute atomic E-state index is 12.6. The number of nitrogens with one attached hydrogen (secondary N) is 1. The van der Waals surface area contributed by atoms with Gasteiger partial charge in [-0.05, 0) is 54.6 Å². The number of para-hydroxylation sites is 1. The molecule has 0 radical (unpaired) electrons. The predicted octanol–water partition coefficient (Wildman–Crippen LogP) is 6.57. The fourth-order valence-corrected chi connectivity index (χ4v) is 3.74. The average Bonchev–Trinajstić information content (AvgIpc) is 3.12. The molecule has 4 aromatic rings. The third-order valence-electron chi connectivity index (χ3n) is 4.01. The molecule has 1 heterocycles. The highest BCUT2D eigenvalue weighted by atomic mass is 35.5. The Morgan fingerprint density at radius 2 is 1.62 bits per heavy atom. The first-order chi connectivity index (χ1) is 14.1. The van der Waals surface area contributed by atoms with Crippen LogP contribution in [0, 0.1) is 0 Å². The second-order valence-electron chi connectivity index (χ2n) is 6.01. The van der Waals surface area contributed by atoms with Crippen molar-refractivity contribution in [1.82, 2.24) is 14.8 Å². The van der Waals surface area contributed by atoms with Gasteiger partial charge in [-0.2, -0.15) is 0 Å². The first-order valence-corrected chi connectivity index (χ1v) is 10.2. The van der Waals surface area contributed by atoms with Crippen molar-refractivity contribution in [2.45, 2.75) is 5.16 Å². The normalized spacial score (nSPS) is 10.7. The highest BCUT2D eigenvalue weighted by Crippen LogP contribution is 2.29. The topological polar surface area (TPSA) is 59.8 Å². The summed E-state index contributed by atoms with van der Waals surface area (Å²) in [5, 5.41) is 12.7. The van der Waals surface area contributed by atoms with E-state index in [9.17, 15) is 4.79 Å². The summed E-state index contributed by atoms with van der Waals surface area (Å²) >= 11 is 12.9. The highest BCUT2D eigenvalue weighted by Gasteiger charge is 2.19. The van der Waals surface area contributed by atoms with E-state index in [0.717, 1.165) is 23.0 Å². The number of halogens is 2. The van der Waals surface area contributed by atoms with Crippen LogP contribution in [-0.4, -0.2) is 20.0 Å². The molecule has 3 aromatic carbocycles. The number of hydrogen-bond donors (Lipinski definition) is 1. The van der Waals surface area contributed by atoms with Crippen molar-refractivity contribution >= 4 is 45.9 Å². The molecule has 1 amide bonds. The Bertz CT molecular complexity index is 1150. The molecule has 29 heavy (non-hydrogen) atoms. The summed E-state index contributed by atoms with van der Waals surface area (Å²) in [6.07, 6.45) is 0. The fourth-order valence-electron chi connectivity index (χ4n) is 2.72. The van der Waals surface area contributed by atoms with Crippen molar-refractivity contribution in [3.63, 3.8) is 0 Å². The van der Waals surface area contributed by atoms with Crippen molar-refractivity contribution in [2.24, 2.45) is 0 Å². The van der Waals surface area contributed by atoms with Gasteiger partial charge in [0.25, 0.3) is 5.24 Å². The molecule has 144 valence electrons. The molecule has 4 rings (SSSR count). The largest absolute Gasteiger partial charge is 0.316 e. The number of anilines is 1. The molecule has 0 saturated heterocycles. The first-order valence-electron chi connectivity index (χ1n) is 8.61. The lowest BCUT2D eigenvalue weighted by atomic mass is 10.2. The lowest BCUT2D eigenvalue weighted by Crippen LogP contribution is -2.07. The molecule has 0 aliphatic heterocycles. The van der Waals surface area contributed by atoms with E-state index in [1.165, 1.54) is 0 Å². The summed E-state index contributed by atoms with van der Waals surface area (Å²) in [5.41, 5.74) is 2.30. The van der Waals surface area contributed by atoms with Gasteiger partial charge in [0.1, 0.15) is 0 Å². The summed E-state index contributed by atoms with van der Waals surface area (Å²) in [5.74, 6) is 0.617. The molecule has 1 N–H and O–H groups in total. The third-order valence-corrected chi connectivity index (χ3v) is 5.23. The highest BCUT2D eigenvalue weighted by molar-refractivity contribution is 8.13. The maximum atomic E-state index is 12.6. The predicted molar refractivity (Wildman–Crippen MR) is 118 cm³/mol. The van der Waals surface area contributed by atoms with Gasteiger partial charge in [0.05, 0.1) is 0 Å². The number of rotatable bonds is 4. The van der Waals surface area contributed by atoms with Gasteiger partial charge in [0, 0.05) is 38.7 Å². The number of aromatic nitrogens is 3. The first kappa shape index (κ1) is 19.5. The van der Waals surface area contributed by atoms with Crippen LogP contribution >= 0.6 is 35.0 Å². The van der Waals surface area contributed by atoms with Crippen LogP contribution in [0.15, 0.2) is 84.0 Å². The summed E-state index contributed by atoms with van der Waals surface area (Å²) < 4.78 is 1.84. The monoisotopic (exact) mass is 440 g/mol. The molecule has 0 aliphatic carbocycles. The smallest absolute Gasteiger partial charge is 0.291 e. The van der Waals surface area contributed by atoms with Gasteiger partial charge >= 0.3 is 0 Å². The second kappa shape index (κ2) is 8.69. The van der Waals surface area contributed by atoms with Crippen LogP contribution in [0.4, 0.5) is 10.5 Å². The molecule has 0 bridgehead atoms. The molecule has 0 unspecified atom stereocenters. The Hall–Kier alpha value is -2.80. The Labute approximate surface area is 181 Å². The van der Waals surface area contributed by atoms with Crippen molar-refractivity contribution in [2.75, 3.05) is 5.32 Å². The number of benzene rings is 3. The van der Waals surface area contributed by atoms with E-state index in [1.807, 2.05) is 47.0 Å². The molecule has 0 saturated carbocycles. The van der Waals surface area contributed by atoms with Crippen LogP contribution < -0.4 is 5.32 Å². The summed E-state index contributed by atoms with van der Waals surface area (Å²) in [7, 11) is 0. The van der Waals surface area contributed by atoms with E-state index in [-0.39, 0.29) is 5.24 Å². The van der Waals surface area contributed by atoms with E-state index >= 15 is 0 Å². The van der Waals surface area contributed by atoms with Crippen molar-refractivity contribution in [3.8, 4) is 17.1 Å². The SMILES string of the molecule is O=C(Nc1cccc(Cl)c1)Sc1nnc(-c2ccc(Cl)cc2)n1-c1ccccc1. The lowest BCUT2D eigenvalue weighted by molar-refractivity contribution is 0.269. The molecule has 0 fully saturated rings. The van der Waals surface area contributed by atoms with Gasteiger partial charge in [-0.1, -0.05) is 47.5 Å². The van der Waals surface area contributed by atoms with Crippen LogP contribution in [-0.2, 0) is 0 Å². The summed E-state index contributed by atoms with van der Waals surface area (Å²) in [6.45, 7) is 0. The Balaban J connectivity index is 1.68. The maximum Gasteiger partial charge on any atom is 0.291 e. The van der Waals surface area contributed by atoms with Crippen LogP contribution in [0.2, 0.25) is 10.0 Å². The Kier molecular flexibility index (Phi) is 5.85. The number of thioether (sulfide) groups is 1. The Morgan fingerprint density at radius 3 is 2.34 bits per heavy atom. The molecular weight excluding hydrogens is 427 g/mol. The molecule has 0 aliphatic rings. The number of carbonyl (C=O) groups is 1. The van der Waals surface area contributed by atoms with Crippen LogP contribution in [0.1, 0.15) is 0 Å². The van der Waals surface area contributed by atoms with Crippen molar-refractivity contribution in [1.29, 1.82) is 0 Å². The number of hydrogen-bond acceptors (Lipinski definition) is 4. The van der Waals surface area contributed by atoms with Crippen molar-refractivity contribution < 1.29 is 4.79 Å². The third kappa shape index (κ3) is 4.62. The van der Waals surface area contributed by atoms with E-state index in [1.54, 1.807) is 36.4 Å². The van der Waals surface area contributed by atoms with Gasteiger partial charge < -0.3 is 5.32 Å². The molecule has 0 atom stereocenters. The quantitative estimate of drug-likeness (QED) is 0.364. The van der Waals surface area contributed by atoms with Crippen LogP contribution in [0.5, 0.6) is 0 Å². The average molecular weight is 441 g/mol. The van der Waals surface area contributed by atoms with Gasteiger partial charge in [-0.15, -0.1) is 10.2 Å². The van der Waals surface area contributed by atoms with Crippen LogP contribution in [0.25, 0.3) is 17.1 Å². The zero-order chi connectivity index (χ0) is 20.2. The second-order valence-corrected chi connectivity index (χ2v) is 7.82. The van der Waals surface area contributed by atoms with E-state index in [0.29, 0.717) is 26.7 Å². The zero-order valence-corrected chi connectivity index (χ0v) is 17.2. The number of carbonyl (C=O) groups excluding carboxylic acids is 1. The number of amides is 1. The summed E-state index contributed by atoms with van der Waals surface area (Å²) in [4.78, 5) is 12.6. The summed E-state index contributed by atoms with van der Waals surface area (Å²) in [6, 6.07) is 23.9. The van der Waals surface area contributed by atoms with Gasteiger partial charge in [0.2, 0.25) is 5.16 Å². The van der Waals surface area contributed by atoms with Gasteiger partial charge in [-0.25, -0.2) is 0 Å². The number of nitrogens with zero attached hydrogens (tertiary/aromatic N) is 3. The standard InChI is InChI=1S/C21H14Cl2N4OS/c22-15-11-9-14(10-12-15)19-25-26-20(27(19)18-7-2-1-3-8-18)29-21(28)24-17-6-4-5-16(23)13-17/h1-13H,(H,24,28). The minimum absolute atomic E-state index is 0.292. The van der Waals surface area contributed by atoms with Crippen LogP contribution in [0.3, 0.4) is 0 Å². The fraction of sp³-hybridized carbons (Fsp3) is 0. The minimum atomic E-state index is -0.292. The van der Waals surface area contributed by atoms with E-state index in [4.69, 9.17) is 23.2 Å². The minimum Gasteiger partial charge on any atom is -0.316 e.